The molecule has 3 aliphatic rings. The number of esters is 3. The Morgan fingerprint density at radius 2 is 1.25 bits per heavy atom. The number of aromatic hydroxyl groups is 1. The molecule has 1 unspecified atom stereocenters. The summed E-state index contributed by atoms with van der Waals surface area (Å²) in [7, 11) is 1.15. The molecule has 0 radical (unpaired) electrons. The number of ether oxygens (including phenoxy) is 5. The van der Waals surface area contributed by atoms with Crippen molar-refractivity contribution >= 4 is 97.2 Å². The molecule has 1 aromatic heterocycles. The van der Waals surface area contributed by atoms with Crippen molar-refractivity contribution in [2.75, 3.05) is 41.8 Å². The van der Waals surface area contributed by atoms with E-state index < -0.39 is 48.4 Å². The highest BCUT2D eigenvalue weighted by molar-refractivity contribution is 7.16. The lowest BCUT2D eigenvalue weighted by Gasteiger charge is -2.42. The average molecular weight is 876 g/mol. The molecule has 2 amide bonds. The van der Waals surface area contributed by atoms with Crippen LogP contribution in [0.5, 0.6) is 11.5 Å². The number of methoxy groups -OCH3 is 1. The van der Waals surface area contributed by atoms with Gasteiger partial charge in [0.15, 0.2) is 18.3 Å². The van der Waals surface area contributed by atoms with Gasteiger partial charge in [-0.1, -0.05) is 55.5 Å². The third-order valence-electron chi connectivity index (χ3n) is 11.3. The Labute approximate surface area is 358 Å². The van der Waals surface area contributed by atoms with E-state index in [1.807, 2.05) is 48.5 Å². The van der Waals surface area contributed by atoms with E-state index in [0.29, 0.717) is 44.2 Å². The number of anilines is 2. The van der Waals surface area contributed by atoms with E-state index in [-0.39, 0.29) is 47.7 Å². The Kier molecular flexibility index (Phi) is 11.4. The smallest absolute Gasteiger partial charge is 0.339 e. The largest absolute Gasteiger partial charge is 0.507 e. The van der Waals surface area contributed by atoms with Gasteiger partial charge in [-0.05, 0) is 34.0 Å². The molecular weight excluding hydrogens is 835 g/mol. The van der Waals surface area contributed by atoms with Crippen LogP contribution in [-0.4, -0.2) is 91.4 Å². The molecule has 0 aliphatic carbocycles. The summed E-state index contributed by atoms with van der Waals surface area (Å²) in [6.45, 7) is 4.60. The molecule has 8 rings (SSSR count). The molecule has 13 nitrogen and oxygen atoms in total. The molecular formula is C44H40Cl2N2O11S. The molecule has 16 heteroatoms. The van der Waals surface area contributed by atoms with Crippen molar-refractivity contribution in [2.45, 2.75) is 57.2 Å². The molecule has 0 saturated carbocycles. The van der Waals surface area contributed by atoms with Crippen molar-refractivity contribution in [1.29, 1.82) is 0 Å². The zero-order valence-electron chi connectivity index (χ0n) is 32.9. The van der Waals surface area contributed by atoms with E-state index in [0.717, 1.165) is 47.3 Å². The molecule has 1 fully saturated rings. The fourth-order valence-corrected chi connectivity index (χ4v) is 10.0. The number of thiophene rings is 1. The average Bonchev–Trinajstić information content (AvgIpc) is 3.98. The second-order valence-electron chi connectivity index (χ2n) is 15.0. The van der Waals surface area contributed by atoms with Crippen LogP contribution in [0, 0.1) is 5.92 Å². The SMILES string of the molecule is COC(=O)C1O[C@@H](Oc2cc3c(c4ccccc24)[C@H](CCl)CN3C(=O)c2ccc(C(=O)N3C[C@@H](CCl)c4c3cc(O)c3ccccc43)s2)[C@H](C)[C@@H](OC(C)=O)[C@@H]1OC(C)=O. The van der Waals surface area contributed by atoms with Crippen LogP contribution in [0.25, 0.3) is 21.5 Å². The number of carbonyl (C=O) groups excluding carboxylic acids is 5. The van der Waals surface area contributed by atoms with Crippen LogP contribution in [-0.2, 0) is 33.3 Å². The van der Waals surface area contributed by atoms with Crippen LogP contribution in [0.4, 0.5) is 11.4 Å². The summed E-state index contributed by atoms with van der Waals surface area (Å²) < 4.78 is 28.7. The molecule has 3 aliphatic heterocycles. The van der Waals surface area contributed by atoms with Gasteiger partial charge in [0.1, 0.15) is 11.5 Å². The van der Waals surface area contributed by atoms with Crippen LogP contribution in [0.2, 0.25) is 0 Å². The maximum Gasteiger partial charge on any atom is 0.339 e. The summed E-state index contributed by atoms with van der Waals surface area (Å²) in [5, 5.41) is 13.9. The number of amides is 2. The number of benzene rings is 4. The van der Waals surface area contributed by atoms with E-state index in [4.69, 9.17) is 46.9 Å². The molecule has 1 N–H and O–H groups in total. The first-order chi connectivity index (χ1) is 28.8. The summed E-state index contributed by atoms with van der Waals surface area (Å²) in [5.74, 6) is -3.29. The van der Waals surface area contributed by atoms with Crippen LogP contribution < -0.4 is 14.5 Å². The number of alkyl halides is 2. The summed E-state index contributed by atoms with van der Waals surface area (Å²) in [5.41, 5.74) is 2.84. The molecule has 4 aromatic carbocycles. The highest BCUT2D eigenvalue weighted by atomic mass is 35.5. The van der Waals surface area contributed by atoms with Gasteiger partial charge in [-0.2, -0.15) is 0 Å². The van der Waals surface area contributed by atoms with Gasteiger partial charge in [-0.3, -0.25) is 19.2 Å². The van der Waals surface area contributed by atoms with E-state index in [9.17, 15) is 29.1 Å². The summed E-state index contributed by atoms with van der Waals surface area (Å²) in [6, 6.07) is 21.5. The van der Waals surface area contributed by atoms with Gasteiger partial charge in [0.05, 0.1) is 34.2 Å². The fraction of sp³-hybridized carbons (Fsp3) is 0.341. The molecule has 60 heavy (non-hydrogen) atoms. The summed E-state index contributed by atoms with van der Waals surface area (Å²) >= 11 is 14.1. The molecule has 7 atom stereocenters. The number of hydrogen-bond donors (Lipinski definition) is 1. The molecule has 0 bridgehead atoms. The van der Waals surface area contributed by atoms with Gasteiger partial charge < -0.3 is 38.6 Å². The molecule has 4 heterocycles. The molecule has 312 valence electrons. The van der Waals surface area contributed by atoms with Crippen LogP contribution in [0.3, 0.4) is 0 Å². The van der Waals surface area contributed by atoms with Crippen molar-refractivity contribution in [3.8, 4) is 11.5 Å². The lowest BCUT2D eigenvalue weighted by atomic mass is 9.91. The quantitative estimate of drug-likeness (QED) is 0.0888. The third kappa shape index (κ3) is 7.18. The summed E-state index contributed by atoms with van der Waals surface area (Å²) in [6.07, 6.45) is -5.19. The van der Waals surface area contributed by atoms with Crippen molar-refractivity contribution in [1.82, 2.24) is 0 Å². The van der Waals surface area contributed by atoms with Crippen molar-refractivity contribution in [3.05, 3.63) is 93.7 Å². The highest BCUT2D eigenvalue weighted by Crippen LogP contribution is 2.49. The first-order valence-corrected chi connectivity index (χ1v) is 21.1. The molecule has 5 aromatic rings. The van der Waals surface area contributed by atoms with E-state index in [1.54, 1.807) is 41.0 Å². The Balaban J connectivity index is 1.12. The van der Waals surface area contributed by atoms with E-state index >= 15 is 0 Å². The standard InChI is InChI=1S/C44H40Cl2N2O11S/c1-21-38(56-22(2)49)39(57-23(3)50)40(43(54)55-4)59-44(21)58-33-16-31-37(29-12-8-6-10-27(29)33)25(18-46)20-48(31)42(53)35-14-13-34(60-35)41(52)47-19-24(17-45)36-28-11-7-5-9-26(28)32(51)15-30(36)47/h5-16,21,24-25,38-40,44,51H,17-20H2,1-4H3/t21-,24-,25-,38-,39+,40?,44-/m1/s1. The lowest BCUT2D eigenvalue weighted by molar-refractivity contribution is -0.261. The summed E-state index contributed by atoms with van der Waals surface area (Å²) in [4.78, 5) is 70.0. The number of hydrogen-bond acceptors (Lipinski definition) is 12. The van der Waals surface area contributed by atoms with Crippen molar-refractivity contribution < 1.29 is 52.8 Å². The first kappa shape index (κ1) is 41.3. The Morgan fingerprint density at radius 3 is 1.78 bits per heavy atom. The van der Waals surface area contributed by atoms with Gasteiger partial charge in [-0.25, -0.2) is 4.79 Å². The van der Waals surface area contributed by atoms with E-state index in [2.05, 4.69) is 0 Å². The predicted octanol–water partition coefficient (Wildman–Crippen LogP) is 7.50. The number of rotatable bonds is 9. The van der Waals surface area contributed by atoms with Gasteiger partial charge in [0.25, 0.3) is 11.8 Å². The Hall–Kier alpha value is -5.41. The third-order valence-corrected chi connectivity index (χ3v) is 13.1. The van der Waals surface area contributed by atoms with Crippen molar-refractivity contribution in [2.24, 2.45) is 5.92 Å². The van der Waals surface area contributed by atoms with Crippen LogP contribution >= 0.6 is 34.5 Å². The fourth-order valence-electron chi connectivity index (χ4n) is 8.63. The van der Waals surface area contributed by atoms with Gasteiger partial charge >= 0.3 is 17.9 Å². The minimum absolute atomic E-state index is 0.0556. The molecule has 0 spiro atoms. The highest BCUT2D eigenvalue weighted by Gasteiger charge is 2.52. The monoisotopic (exact) mass is 874 g/mol. The second-order valence-corrected chi connectivity index (χ2v) is 16.7. The second kappa shape index (κ2) is 16.6. The number of phenolic OH excluding ortho intramolecular Hbond substituents is 1. The zero-order valence-corrected chi connectivity index (χ0v) is 35.2. The van der Waals surface area contributed by atoms with Crippen molar-refractivity contribution in [3.63, 3.8) is 0 Å². The van der Waals surface area contributed by atoms with Crippen LogP contribution in [0.1, 0.15) is 63.1 Å². The van der Waals surface area contributed by atoms with Gasteiger partial charge in [-0.15, -0.1) is 34.5 Å². The lowest BCUT2D eigenvalue weighted by Crippen LogP contribution is -2.60. The molecule has 1 saturated heterocycles. The Morgan fingerprint density at radius 1 is 0.750 bits per heavy atom. The number of carbonyl (C=O) groups is 5. The number of fused-ring (bicyclic) bond motifs is 6. The first-order valence-electron chi connectivity index (χ1n) is 19.2. The Bertz CT molecular complexity index is 2560. The van der Waals surface area contributed by atoms with E-state index in [1.165, 1.54) is 6.92 Å². The van der Waals surface area contributed by atoms with Crippen LogP contribution in [0.15, 0.2) is 72.8 Å². The number of phenols is 1. The minimum Gasteiger partial charge on any atom is -0.507 e. The predicted molar refractivity (Wildman–Crippen MR) is 226 cm³/mol. The normalized spacial score (nSPS) is 23.3. The number of nitrogens with zero attached hydrogens (tertiary/aromatic N) is 2. The van der Waals surface area contributed by atoms with Gasteiger partial charge in [0, 0.05) is 73.4 Å². The number of halogens is 2. The maximum absolute atomic E-state index is 14.5. The maximum atomic E-state index is 14.5. The van der Waals surface area contributed by atoms with Gasteiger partial charge in [0.2, 0.25) is 6.29 Å². The topological polar surface area (TPSA) is 158 Å². The minimum atomic E-state index is -1.50. The zero-order chi connectivity index (χ0) is 42.6.